The molecule has 0 bridgehead atoms. The topological polar surface area (TPSA) is 173 Å². The first-order chi connectivity index (χ1) is 5.46. The van der Waals surface area contributed by atoms with Crippen molar-refractivity contribution in [3.05, 3.63) is 0 Å². The van der Waals surface area contributed by atoms with Crippen LogP contribution >= 0.6 is 20.2 Å². The number of carbonyl (C=O) groups is 2. The van der Waals surface area contributed by atoms with Crippen LogP contribution in [0.5, 0.6) is 0 Å². The SMILES string of the molecule is CC(=O)O.Cl.O=C(O)O.O=P(O)(O)O.[H-].[H-].[H-].[H-].[H-].[K+].[Na+].[Na+].[Na+].[Na+]. The molecular formula is C3H15ClKNa4O9P. The van der Waals surface area contributed by atoms with Gasteiger partial charge in [0.2, 0.25) is 0 Å². The zero-order chi connectivity index (χ0) is 11.7. The standard InChI is InChI=1S/C2H4O2.CH2O3.ClH.K.4Na.H3O4P.5H/c1-2(3)4;2-1(3)4;;;;;;;1-5(2,3)4;;;;;/h1H3,(H,3,4);(H2,2,3,4);1H;;;;;;(H3,1,2,3,4);;;;;/q;;;5*+1;;5*-1. The number of aliphatic carboxylic acids is 1. The Balaban J connectivity index is -0.00000000425. The van der Waals surface area contributed by atoms with Crippen LogP contribution < -0.4 is 170 Å². The maximum atomic E-state index is 9.00. The average molecular weight is 393 g/mol. The van der Waals surface area contributed by atoms with Crippen molar-refractivity contribution in [2.24, 2.45) is 0 Å². The molecule has 0 saturated carbocycles. The van der Waals surface area contributed by atoms with Gasteiger partial charge in [-0.2, -0.15) is 0 Å². The Morgan fingerprint density at radius 2 is 0.895 bits per heavy atom. The van der Waals surface area contributed by atoms with Gasteiger partial charge in [-0.15, -0.1) is 12.4 Å². The van der Waals surface area contributed by atoms with E-state index in [9.17, 15) is 0 Å². The van der Waals surface area contributed by atoms with Crippen LogP contribution in [0.1, 0.15) is 14.1 Å². The molecule has 0 radical (unpaired) electrons. The Labute approximate surface area is 254 Å². The van der Waals surface area contributed by atoms with Crippen molar-refractivity contribution in [3.63, 3.8) is 0 Å². The molecule has 0 aromatic heterocycles. The summed E-state index contributed by atoms with van der Waals surface area (Å²) in [7, 11) is -4.64. The fraction of sp³-hybridized carbons (Fsp3) is 0.333. The van der Waals surface area contributed by atoms with Gasteiger partial charge in [0.1, 0.15) is 0 Å². The van der Waals surface area contributed by atoms with Crippen molar-refractivity contribution in [3.8, 4) is 0 Å². The van der Waals surface area contributed by atoms with Gasteiger partial charge in [0.15, 0.2) is 0 Å². The van der Waals surface area contributed by atoms with Gasteiger partial charge >= 0.3 is 184 Å². The van der Waals surface area contributed by atoms with Crippen molar-refractivity contribution in [1.29, 1.82) is 0 Å². The molecule has 0 rings (SSSR count). The van der Waals surface area contributed by atoms with E-state index in [0.717, 1.165) is 6.92 Å². The van der Waals surface area contributed by atoms with Gasteiger partial charge in [-0.05, 0) is 0 Å². The van der Waals surface area contributed by atoms with E-state index < -0.39 is 19.9 Å². The molecule has 0 heterocycles. The molecule has 0 atom stereocenters. The first-order valence-electron chi connectivity index (χ1n) is 2.36. The summed E-state index contributed by atoms with van der Waals surface area (Å²) in [4.78, 5) is 39.1. The molecule has 0 aliphatic rings. The van der Waals surface area contributed by atoms with Crippen LogP contribution in [0.15, 0.2) is 0 Å². The van der Waals surface area contributed by atoms with Gasteiger partial charge in [0.05, 0.1) is 0 Å². The largest absolute Gasteiger partial charge is 1.00 e. The second kappa shape index (κ2) is 38.4. The molecule has 0 saturated heterocycles. The number of hydrogen-bond donors (Lipinski definition) is 6. The Kier molecular flexibility index (Phi) is 114. The summed E-state index contributed by atoms with van der Waals surface area (Å²) in [6.07, 6.45) is -1.83. The number of phosphoric acid groups is 1. The molecule has 19 heavy (non-hydrogen) atoms. The molecule has 6 N–H and O–H groups in total. The van der Waals surface area contributed by atoms with E-state index in [1.54, 1.807) is 0 Å². The van der Waals surface area contributed by atoms with Gasteiger partial charge in [-0.3, -0.25) is 4.79 Å². The number of hydrogen-bond acceptors (Lipinski definition) is 3. The van der Waals surface area contributed by atoms with Crippen molar-refractivity contribution in [2.75, 3.05) is 0 Å². The molecule has 0 unspecified atom stereocenters. The molecule has 0 aromatic rings. The van der Waals surface area contributed by atoms with E-state index in [2.05, 4.69) is 0 Å². The van der Waals surface area contributed by atoms with E-state index in [1.165, 1.54) is 0 Å². The predicted octanol–water partition coefficient (Wildman–Crippen LogP) is -14.6. The van der Waals surface area contributed by atoms with E-state index in [1.807, 2.05) is 0 Å². The zero-order valence-electron chi connectivity index (χ0n) is 16.8. The predicted molar refractivity (Wildman–Crippen MR) is 51.0 cm³/mol. The van der Waals surface area contributed by atoms with Crippen molar-refractivity contribution < 1.29 is 221 Å². The van der Waals surface area contributed by atoms with Crippen LogP contribution in [0.25, 0.3) is 0 Å². The molecular weight excluding hydrogens is 378 g/mol. The van der Waals surface area contributed by atoms with Gasteiger partial charge < -0.3 is 37.1 Å². The molecule has 16 heteroatoms. The van der Waals surface area contributed by atoms with Crippen molar-refractivity contribution >= 4 is 32.4 Å². The molecule has 0 aromatic carbocycles. The molecule has 0 fully saturated rings. The van der Waals surface area contributed by atoms with Crippen LogP contribution in [0, 0.1) is 0 Å². The normalized spacial score (nSPS) is 5.68. The van der Waals surface area contributed by atoms with Crippen LogP contribution in [0.4, 0.5) is 4.79 Å². The molecule has 0 aliphatic carbocycles. The quantitative estimate of drug-likeness (QED) is 0.173. The van der Waals surface area contributed by atoms with E-state index >= 15 is 0 Å². The van der Waals surface area contributed by atoms with Gasteiger partial charge in [0.25, 0.3) is 5.97 Å². The molecule has 0 aliphatic heterocycles. The summed E-state index contributed by atoms with van der Waals surface area (Å²) < 4.78 is 8.88. The summed E-state index contributed by atoms with van der Waals surface area (Å²) in [5, 5.41) is 21.4. The third kappa shape index (κ3) is 431. The third-order valence-corrected chi connectivity index (χ3v) is 0. The summed E-state index contributed by atoms with van der Waals surface area (Å²) in [6.45, 7) is 1.08. The molecule has 9 nitrogen and oxygen atoms in total. The van der Waals surface area contributed by atoms with E-state index in [4.69, 9.17) is 44.2 Å². The molecule has 98 valence electrons. The van der Waals surface area contributed by atoms with E-state index in [-0.39, 0.29) is 189 Å². The van der Waals surface area contributed by atoms with Crippen LogP contribution in [-0.4, -0.2) is 42.1 Å². The smallest absolute Gasteiger partial charge is 1.00 e. The number of rotatable bonds is 0. The summed E-state index contributed by atoms with van der Waals surface area (Å²) >= 11 is 0. The Morgan fingerprint density at radius 3 is 0.895 bits per heavy atom. The fourth-order valence-corrected chi connectivity index (χ4v) is 0. The maximum Gasteiger partial charge on any atom is 1.00 e. The number of carboxylic acid groups (broad SMARTS) is 3. The summed E-state index contributed by atoms with van der Waals surface area (Å²) in [6, 6.07) is 0. The van der Waals surface area contributed by atoms with Crippen molar-refractivity contribution in [2.45, 2.75) is 6.92 Å². The van der Waals surface area contributed by atoms with Gasteiger partial charge in [0, 0.05) is 6.92 Å². The fourth-order valence-electron chi connectivity index (χ4n) is 0. The Bertz CT molecular complexity index is 205. The second-order valence-electron chi connectivity index (χ2n) is 1.31. The van der Waals surface area contributed by atoms with Gasteiger partial charge in [-0.25, -0.2) is 9.36 Å². The summed E-state index contributed by atoms with van der Waals surface area (Å²) in [5.74, 6) is -0.833. The monoisotopic (exact) mass is 392 g/mol. The number of halogens is 1. The third-order valence-electron chi connectivity index (χ3n) is 0. The van der Waals surface area contributed by atoms with Crippen LogP contribution in [0.2, 0.25) is 0 Å². The zero-order valence-corrected chi connectivity index (χ0v) is 24.6. The first-order valence-corrected chi connectivity index (χ1v) is 3.93. The van der Waals surface area contributed by atoms with Crippen LogP contribution in [-0.2, 0) is 9.36 Å². The maximum absolute atomic E-state index is 9.00. The Morgan fingerprint density at radius 1 is 0.895 bits per heavy atom. The first kappa shape index (κ1) is 56.5. The van der Waals surface area contributed by atoms with Crippen molar-refractivity contribution in [1.82, 2.24) is 0 Å². The van der Waals surface area contributed by atoms with Crippen LogP contribution in [0.3, 0.4) is 0 Å². The Hall–Kier alpha value is 4.78. The number of carboxylic acids is 1. The average Bonchev–Trinajstić information content (AvgIpc) is 1.50. The summed E-state index contributed by atoms with van der Waals surface area (Å²) in [5.41, 5.74) is 0. The van der Waals surface area contributed by atoms with E-state index in [0.29, 0.717) is 0 Å². The second-order valence-corrected chi connectivity index (χ2v) is 2.34. The minimum atomic E-state index is -4.64. The minimum Gasteiger partial charge on any atom is -1.00 e. The molecule has 0 amide bonds. The minimum absolute atomic E-state index is 0. The van der Waals surface area contributed by atoms with Gasteiger partial charge in [-0.1, -0.05) is 0 Å². The molecule has 0 spiro atoms.